The summed E-state index contributed by atoms with van der Waals surface area (Å²) in [4.78, 5) is 28.6. The van der Waals surface area contributed by atoms with Crippen molar-refractivity contribution in [2.45, 2.75) is 17.6 Å². The largest absolute Gasteiger partial charge is 0.504 e. The van der Waals surface area contributed by atoms with Gasteiger partial charge in [-0.1, -0.05) is 12.1 Å². The first kappa shape index (κ1) is 28.1. The van der Waals surface area contributed by atoms with Gasteiger partial charge in [0.1, 0.15) is 5.52 Å². The summed E-state index contributed by atoms with van der Waals surface area (Å²) in [6, 6.07) is 8.48. The third-order valence-electron chi connectivity index (χ3n) is 4.53. The lowest BCUT2D eigenvalue weighted by Gasteiger charge is -2.13. The fraction of sp³-hybridized carbons (Fsp3) is 0.238. The molecule has 194 valence electrons. The number of carboxylic acid groups (broad SMARTS) is 1. The highest BCUT2D eigenvalue weighted by Crippen LogP contribution is 2.34. The maximum Gasteiger partial charge on any atom is 0.490 e. The molecule has 0 atom stereocenters. The molecule has 3 aromatic rings. The van der Waals surface area contributed by atoms with Crippen molar-refractivity contribution in [3.8, 4) is 17.2 Å². The van der Waals surface area contributed by atoms with Crippen molar-refractivity contribution in [1.29, 1.82) is 0 Å². The number of hydrogen-bond donors (Lipinski definition) is 3. The van der Waals surface area contributed by atoms with Gasteiger partial charge in [0.2, 0.25) is 0 Å². The van der Waals surface area contributed by atoms with Gasteiger partial charge in [-0.2, -0.15) is 13.2 Å². The summed E-state index contributed by atoms with van der Waals surface area (Å²) in [5.41, 5.74) is 5.87. The molecule has 3 rings (SSSR count). The maximum atomic E-state index is 12.1. The Morgan fingerprint density at radius 3 is 2.17 bits per heavy atom. The summed E-state index contributed by atoms with van der Waals surface area (Å²) < 4.78 is 66.7. The van der Waals surface area contributed by atoms with E-state index in [9.17, 15) is 31.5 Å². The van der Waals surface area contributed by atoms with Crippen LogP contribution in [-0.4, -0.2) is 67.1 Å². The summed E-state index contributed by atoms with van der Waals surface area (Å²) in [5, 5.41) is 17.3. The predicted molar refractivity (Wildman–Crippen MR) is 119 cm³/mol. The number of primary amides is 1. The zero-order chi connectivity index (χ0) is 27.4. The van der Waals surface area contributed by atoms with Gasteiger partial charge in [-0.15, -0.1) is 0 Å². The van der Waals surface area contributed by atoms with Gasteiger partial charge in [0.05, 0.1) is 14.2 Å². The number of carbonyl (C=O) groups excluding carboxylic acids is 1. The summed E-state index contributed by atoms with van der Waals surface area (Å²) in [6.45, 7) is 0. The molecule has 11 nitrogen and oxygen atoms in total. The van der Waals surface area contributed by atoms with Crippen molar-refractivity contribution >= 4 is 32.6 Å². The van der Waals surface area contributed by atoms with Gasteiger partial charge >= 0.3 is 12.1 Å². The van der Waals surface area contributed by atoms with Crippen LogP contribution >= 0.6 is 0 Å². The molecule has 0 saturated heterocycles. The molecular formula is C21H20F3N3O8S. The van der Waals surface area contributed by atoms with E-state index in [-0.39, 0.29) is 15.9 Å². The Kier molecular flexibility index (Phi) is 8.30. The van der Waals surface area contributed by atoms with Crippen LogP contribution in [0, 0.1) is 0 Å². The van der Waals surface area contributed by atoms with Gasteiger partial charge in [0.25, 0.3) is 5.91 Å². The lowest BCUT2D eigenvalue weighted by Crippen LogP contribution is -2.21. The molecule has 0 saturated carbocycles. The number of rotatable bonds is 6. The first-order valence-corrected chi connectivity index (χ1v) is 11.5. The SMILES string of the molecule is COc1cccc(Cc2ccc3c(S(C)(=O)=O)nc(C(N)=O)c(O)c3n2)c1OC.O=C(O)C(F)(F)F. The number of sulfone groups is 1. The summed E-state index contributed by atoms with van der Waals surface area (Å²) >= 11 is 0. The highest BCUT2D eigenvalue weighted by atomic mass is 32.2. The molecule has 15 heteroatoms. The van der Waals surface area contributed by atoms with E-state index in [0.29, 0.717) is 23.6 Å². The minimum atomic E-state index is -5.08. The van der Waals surface area contributed by atoms with E-state index in [1.165, 1.54) is 20.3 Å². The number of alkyl halides is 3. The molecule has 0 unspecified atom stereocenters. The number of benzene rings is 1. The van der Waals surface area contributed by atoms with Crippen LogP contribution in [0.3, 0.4) is 0 Å². The minimum Gasteiger partial charge on any atom is -0.504 e. The van der Waals surface area contributed by atoms with Gasteiger partial charge in [-0.3, -0.25) is 4.79 Å². The minimum absolute atomic E-state index is 0.0754. The van der Waals surface area contributed by atoms with Crippen LogP contribution in [0.5, 0.6) is 17.2 Å². The predicted octanol–water partition coefficient (Wildman–Crippen LogP) is 2.08. The Labute approximate surface area is 202 Å². The van der Waals surface area contributed by atoms with Crippen LogP contribution in [0.1, 0.15) is 21.7 Å². The van der Waals surface area contributed by atoms with Crippen molar-refractivity contribution < 1.29 is 50.9 Å². The van der Waals surface area contributed by atoms with Crippen LogP contribution in [-0.2, 0) is 21.1 Å². The number of aromatic hydroxyl groups is 1. The van der Waals surface area contributed by atoms with Crippen LogP contribution < -0.4 is 15.2 Å². The van der Waals surface area contributed by atoms with Gasteiger partial charge in [-0.05, 0) is 18.2 Å². The Hall–Kier alpha value is -4.14. The van der Waals surface area contributed by atoms with Crippen LogP contribution in [0.15, 0.2) is 35.4 Å². The number of halogens is 3. The number of nitrogens with two attached hydrogens (primary N) is 1. The maximum absolute atomic E-state index is 12.1. The van der Waals surface area contributed by atoms with Gasteiger partial charge in [0.15, 0.2) is 37.8 Å². The second-order valence-corrected chi connectivity index (χ2v) is 9.01. The standard InChI is InChI=1S/C19H19N3O6S.C2HF3O2/c1-27-13-6-4-5-10(17(13)28-2)9-11-7-8-12-14(21-11)16(23)15(18(20)24)22-19(12)29(3,25)26;3-2(4,5)1(6)7/h4-8,23H,9H2,1-3H3,(H2,20,24);(H,6,7). The van der Waals surface area contributed by atoms with E-state index in [2.05, 4.69) is 9.97 Å². The molecule has 0 aliphatic heterocycles. The number of carbonyl (C=O) groups is 2. The molecule has 0 aliphatic rings. The normalized spacial score (nSPS) is 11.4. The molecule has 36 heavy (non-hydrogen) atoms. The third-order valence-corrected chi connectivity index (χ3v) is 5.54. The number of para-hydroxylation sites is 1. The number of methoxy groups -OCH3 is 2. The van der Waals surface area contributed by atoms with Gasteiger partial charge < -0.3 is 25.4 Å². The number of hydrogen-bond acceptors (Lipinski definition) is 9. The van der Waals surface area contributed by atoms with Crippen LogP contribution in [0.4, 0.5) is 13.2 Å². The fourth-order valence-electron chi connectivity index (χ4n) is 3.02. The molecule has 0 bridgehead atoms. The Morgan fingerprint density at radius 2 is 1.69 bits per heavy atom. The highest BCUT2D eigenvalue weighted by Gasteiger charge is 2.38. The number of ether oxygens (including phenoxy) is 2. The average Bonchev–Trinajstić information content (AvgIpc) is 2.78. The van der Waals surface area contributed by atoms with Crippen molar-refractivity contribution in [3.05, 3.63) is 47.3 Å². The number of aromatic nitrogens is 2. The van der Waals surface area contributed by atoms with E-state index < -0.39 is 39.3 Å². The highest BCUT2D eigenvalue weighted by molar-refractivity contribution is 7.90. The number of pyridine rings is 2. The van der Waals surface area contributed by atoms with E-state index in [0.717, 1.165) is 11.8 Å². The molecule has 0 radical (unpaired) electrons. The number of nitrogens with zero attached hydrogens (tertiary/aromatic N) is 2. The second kappa shape index (κ2) is 10.6. The zero-order valence-corrected chi connectivity index (χ0v) is 19.8. The van der Waals surface area contributed by atoms with E-state index in [4.69, 9.17) is 25.1 Å². The van der Waals surface area contributed by atoms with Gasteiger partial charge in [-0.25, -0.2) is 23.2 Å². The van der Waals surface area contributed by atoms with Crippen molar-refractivity contribution in [3.63, 3.8) is 0 Å². The molecule has 0 spiro atoms. The van der Waals surface area contributed by atoms with Crippen molar-refractivity contribution in [1.82, 2.24) is 9.97 Å². The summed E-state index contributed by atoms with van der Waals surface area (Å²) in [5.74, 6) is -3.30. The molecule has 4 N–H and O–H groups in total. The molecule has 2 heterocycles. The number of aliphatic carboxylic acids is 1. The number of amides is 1. The van der Waals surface area contributed by atoms with Gasteiger partial charge in [0, 0.05) is 29.3 Å². The third kappa shape index (κ3) is 6.29. The Balaban J connectivity index is 0.000000572. The zero-order valence-electron chi connectivity index (χ0n) is 19.0. The average molecular weight is 531 g/mol. The van der Waals surface area contributed by atoms with E-state index >= 15 is 0 Å². The molecule has 1 aromatic carbocycles. The fourth-order valence-corrected chi connectivity index (χ4v) is 3.84. The van der Waals surface area contributed by atoms with E-state index in [1.54, 1.807) is 18.2 Å². The van der Waals surface area contributed by atoms with Crippen LogP contribution in [0.25, 0.3) is 10.9 Å². The first-order valence-electron chi connectivity index (χ1n) is 9.64. The lowest BCUT2D eigenvalue weighted by molar-refractivity contribution is -0.192. The molecule has 2 aromatic heterocycles. The molecule has 0 aliphatic carbocycles. The second-order valence-electron chi connectivity index (χ2n) is 7.08. The van der Waals surface area contributed by atoms with Crippen molar-refractivity contribution in [2.24, 2.45) is 5.73 Å². The van der Waals surface area contributed by atoms with E-state index in [1.807, 2.05) is 6.07 Å². The van der Waals surface area contributed by atoms with Crippen molar-refractivity contribution in [2.75, 3.05) is 20.5 Å². The molecular weight excluding hydrogens is 511 g/mol. The first-order chi connectivity index (χ1) is 16.6. The smallest absolute Gasteiger partial charge is 0.490 e. The number of fused-ring (bicyclic) bond motifs is 1. The Bertz CT molecular complexity index is 1430. The molecule has 0 fully saturated rings. The summed E-state index contributed by atoms with van der Waals surface area (Å²) in [6.07, 6.45) is -3.83. The Morgan fingerprint density at radius 1 is 1.08 bits per heavy atom. The monoisotopic (exact) mass is 531 g/mol. The summed E-state index contributed by atoms with van der Waals surface area (Å²) in [7, 11) is -0.755. The quantitative estimate of drug-likeness (QED) is 0.426. The topological polar surface area (TPSA) is 179 Å². The number of carboxylic acids is 1. The van der Waals surface area contributed by atoms with Crippen LogP contribution in [0.2, 0.25) is 0 Å². The lowest BCUT2D eigenvalue weighted by atomic mass is 10.1. The molecule has 1 amide bonds.